The van der Waals surface area contributed by atoms with Crippen molar-refractivity contribution in [3.8, 4) is 0 Å². The normalized spacial score (nSPS) is 24.7. The highest BCUT2D eigenvalue weighted by Gasteiger charge is 2.35. The van der Waals surface area contributed by atoms with Gasteiger partial charge in [0.1, 0.15) is 0 Å². The summed E-state index contributed by atoms with van der Waals surface area (Å²) in [5.41, 5.74) is 7.54. The van der Waals surface area contributed by atoms with Crippen molar-refractivity contribution >= 4 is 17.2 Å². The fourth-order valence-electron chi connectivity index (χ4n) is 2.83. The van der Waals surface area contributed by atoms with Gasteiger partial charge in [-0.1, -0.05) is 6.92 Å². The molecule has 4 heteroatoms. The van der Waals surface area contributed by atoms with Crippen molar-refractivity contribution in [2.45, 2.75) is 52.1 Å². The summed E-state index contributed by atoms with van der Waals surface area (Å²) in [6, 6.07) is 2.35. The Labute approximate surface area is 113 Å². The first-order valence-corrected chi connectivity index (χ1v) is 7.48. The lowest BCUT2D eigenvalue weighted by molar-refractivity contribution is -0.137. The van der Waals surface area contributed by atoms with Crippen molar-refractivity contribution in [1.82, 2.24) is 4.90 Å². The number of nitrogens with two attached hydrogens (primary N) is 1. The Bertz CT molecular complexity index is 441. The van der Waals surface area contributed by atoms with Crippen molar-refractivity contribution in [3.63, 3.8) is 0 Å². The molecule has 1 aliphatic heterocycles. The third-order valence-corrected chi connectivity index (χ3v) is 4.60. The van der Waals surface area contributed by atoms with Gasteiger partial charge in [-0.25, -0.2) is 0 Å². The number of hydrogen-bond donors (Lipinski definition) is 1. The maximum absolute atomic E-state index is 12.1. The molecule has 0 aromatic carbocycles. The molecule has 0 saturated carbocycles. The van der Waals surface area contributed by atoms with Crippen LogP contribution in [0.5, 0.6) is 0 Å². The van der Waals surface area contributed by atoms with E-state index in [2.05, 4.69) is 26.8 Å². The van der Waals surface area contributed by atoms with E-state index in [1.807, 2.05) is 4.90 Å². The second kappa shape index (κ2) is 5.41. The zero-order valence-corrected chi connectivity index (χ0v) is 12.2. The Balaban J connectivity index is 2.36. The van der Waals surface area contributed by atoms with E-state index in [9.17, 15) is 4.79 Å². The minimum absolute atomic E-state index is 0.0712. The fraction of sp³-hybridized carbons (Fsp3) is 0.643. The van der Waals surface area contributed by atoms with Gasteiger partial charge in [0.2, 0.25) is 5.91 Å². The van der Waals surface area contributed by atoms with Gasteiger partial charge in [0.05, 0.1) is 6.04 Å². The van der Waals surface area contributed by atoms with Gasteiger partial charge in [-0.05, 0) is 38.3 Å². The molecule has 0 aliphatic carbocycles. The molecular formula is C14H22N2OS. The number of carbonyl (C=O) groups excluding carboxylic acids is 1. The minimum atomic E-state index is 0.0712. The average Bonchev–Trinajstić information content (AvgIpc) is 2.63. The van der Waals surface area contributed by atoms with Crippen LogP contribution in [0.15, 0.2) is 6.07 Å². The van der Waals surface area contributed by atoms with Crippen molar-refractivity contribution in [2.24, 2.45) is 5.73 Å². The molecule has 2 unspecified atom stereocenters. The molecule has 1 amide bonds. The second-order valence-corrected chi connectivity index (χ2v) is 6.56. The third kappa shape index (κ3) is 2.45. The van der Waals surface area contributed by atoms with Crippen LogP contribution in [0.25, 0.3) is 0 Å². The van der Waals surface area contributed by atoms with E-state index >= 15 is 0 Å². The second-order valence-electron chi connectivity index (χ2n) is 5.10. The Morgan fingerprint density at radius 3 is 2.78 bits per heavy atom. The van der Waals surface area contributed by atoms with Crippen molar-refractivity contribution in [3.05, 3.63) is 21.4 Å². The summed E-state index contributed by atoms with van der Waals surface area (Å²) in [6.07, 6.45) is 2.38. The number of likely N-dealkylation sites (tertiary alicyclic amines) is 1. The highest BCUT2D eigenvalue weighted by Crippen LogP contribution is 2.36. The van der Waals surface area contributed by atoms with Crippen LogP contribution < -0.4 is 5.73 Å². The molecule has 2 atom stereocenters. The summed E-state index contributed by atoms with van der Waals surface area (Å²) in [6.45, 7) is 7.16. The number of aryl methyl sites for hydroxylation is 2. The molecule has 18 heavy (non-hydrogen) atoms. The van der Waals surface area contributed by atoms with E-state index in [1.165, 1.54) is 15.3 Å². The molecule has 1 aromatic heterocycles. The summed E-state index contributed by atoms with van der Waals surface area (Å²) in [4.78, 5) is 16.7. The fourth-order valence-corrected chi connectivity index (χ4v) is 3.79. The predicted octanol–water partition coefficient (Wildman–Crippen LogP) is 2.77. The molecular weight excluding hydrogens is 244 g/mol. The first-order chi connectivity index (χ1) is 8.54. The van der Waals surface area contributed by atoms with Crippen LogP contribution in [-0.4, -0.2) is 23.4 Å². The predicted molar refractivity (Wildman–Crippen MR) is 75.7 cm³/mol. The van der Waals surface area contributed by atoms with Gasteiger partial charge in [0.15, 0.2) is 0 Å². The Kier molecular flexibility index (Phi) is 4.07. The minimum Gasteiger partial charge on any atom is -0.334 e. The SMILES string of the molecule is CCCN1C(=O)CCC(N)C1c1cc(C)sc1C. The molecule has 3 nitrogen and oxygen atoms in total. The van der Waals surface area contributed by atoms with Crippen molar-refractivity contribution < 1.29 is 4.79 Å². The van der Waals surface area contributed by atoms with Crippen LogP contribution in [0.3, 0.4) is 0 Å². The van der Waals surface area contributed by atoms with E-state index in [0.717, 1.165) is 19.4 Å². The molecule has 1 aromatic rings. The zero-order valence-electron chi connectivity index (χ0n) is 11.4. The van der Waals surface area contributed by atoms with Gasteiger partial charge in [-0.15, -0.1) is 11.3 Å². The summed E-state index contributed by atoms with van der Waals surface area (Å²) >= 11 is 1.79. The molecule has 0 radical (unpaired) electrons. The van der Waals surface area contributed by atoms with E-state index < -0.39 is 0 Å². The maximum atomic E-state index is 12.1. The van der Waals surface area contributed by atoms with Crippen LogP contribution in [0.4, 0.5) is 0 Å². The number of carbonyl (C=O) groups is 1. The van der Waals surface area contributed by atoms with Crippen molar-refractivity contribution in [2.75, 3.05) is 6.54 Å². The number of amides is 1. The monoisotopic (exact) mass is 266 g/mol. The zero-order chi connectivity index (χ0) is 13.3. The smallest absolute Gasteiger partial charge is 0.223 e. The van der Waals surface area contributed by atoms with Crippen molar-refractivity contribution in [1.29, 1.82) is 0 Å². The first-order valence-electron chi connectivity index (χ1n) is 6.66. The molecule has 1 fully saturated rings. The number of rotatable bonds is 3. The average molecular weight is 266 g/mol. The van der Waals surface area contributed by atoms with Gasteiger partial charge in [0.25, 0.3) is 0 Å². The van der Waals surface area contributed by atoms with Gasteiger partial charge in [-0.3, -0.25) is 4.79 Å². The van der Waals surface area contributed by atoms with Crippen LogP contribution in [-0.2, 0) is 4.79 Å². The molecule has 2 heterocycles. The maximum Gasteiger partial charge on any atom is 0.223 e. The Morgan fingerprint density at radius 2 is 2.22 bits per heavy atom. The molecule has 1 saturated heterocycles. The number of piperidine rings is 1. The quantitative estimate of drug-likeness (QED) is 0.914. The lowest BCUT2D eigenvalue weighted by Crippen LogP contribution is -2.49. The number of thiophene rings is 1. The van der Waals surface area contributed by atoms with E-state index in [4.69, 9.17) is 5.73 Å². The Hall–Kier alpha value is -0.870. The lowest BCUT2D eigenvalue weighted by Gasteiger charge is -2.40. The van der Waals surface area contributed by atoms with Gasteiger partial charge in [-0.2, -0.15) is 0 Å². The molecule has 0 spiro atoms. The molecule has 100 valence electrons. The molecule has 1 aliphatic rings. The molecule has 0 bridgehead atoms. The Morgan fingerprint density at radius 1 is 1.50 bits per heavy atom. The van der Waals surface area contributed by atoms with Gasteiger partial charge < -0.3 is 10.6 Å². The van der Waals surface area contributed by atoms with E-state index in [1.54, 1.807) is 11.3 Å². The summed E-state index contributed by atoms with van der Waals surface area (Å²) < 4.78 is 0. The lowest BCUT2D eigenvalue weighted by atomic mass is 9.90. The molecule has 2 N–H and O–H groups in total. The van der Waals surface area contributed by atoms with Crippen LogP contribution in [0.2, 0.25) is 0 Å². The van der Waals surface area contributed by atoms with E-state index in [0.29, 0.717) is 6.42 Å². The summed E-state index contributed by atoms with van der Waals surface area (Å²) in [7, 11) is 0. The first kappa shape index (κ1) is 13.6. The van der Waals surface area contributed by atoms with Crippen LogP contribution in [0.1, 0.15) is 47.5 Å². The van der Waals surface area contributed by atoms with E-state index in [-0.39, 0.29) is 18.0 Å². The third-order valence-electron chi connectivity index (χ3n) is 3.62. The summed E-state index contributed by atoms with van der Waals surface area (Å²) in [5.74, 6) is 0.256. The van der Waals surface area contributed by atoms with Crippen LogP contribution >= 0.6 is 11.3 Å². The number of nitrogens with zero attached hydrogens (tertiary/aromatic N) is 1. The van der Waals surface area contributed by atoms with Gasteiger partial charge >= 0.3 is 0 Å². The molecule has 2 rings (SSSR count). The van der Waals surface area contributed by atoms with Crippen LogP contribution in [0, 0.1) is 13.8 Å². The highest BCUT2D eigenvalue weighted by atomic mass is 32.1. The highest BCUT2D eigenvalue weighted by molar-refractivity contribution is 7.12. The van der Waals surface area contributed by atoms with Gasteiger partial charge in [0, 0.05) is 28.8 Å². The topological polar surface area (TPSA) is 46.3 Å². The summed E-state index contributed by atoms with van der Waals surface area (Å²) in [5, 5.41) is 0. The number of hydrogen-bond acceptors (Lipinski definition) is 3. The standard InChI is InChI=1S/C14H22N2OS/c1-4-7-16-13(17)6-5-12(15)14(16)11-8-9(2)18-10(11)3/h8,12,14H,4-7,15H2,1-3H3. The largest absolute Gasteiger partial charge is 0.334 e.